The average molecular weight is 258 g/mol. The molecule has 6 heteroatoms. The summed E-state index contributed by atoms with van der Waals surface area (Å²) in [4.78, 5) is 32.7. The van der Waals surface area contributed by atoms with Crippen LogP contribution in [0.1, 0.15) is 33.6 Å². The molecule has 0 spiro atoms. The Morgan fingerprint density at radius 3 is 2.22 bits per heavy atom. The number of ether oxygens (including phenoxy) is 2. The fourth-order valence-corrected chi connectivity index (χ4v) is 0.903. The summed E-state index contributed by atoms with van der Waals surface area (Å²) in [5.74, 6) is -2.28. The molecule has 0 aromatic heterocycles. The van der Waals surface area contributed by atoms with Gasteiger partial charge in [-0.25, -0.2) is 4.79 Å². The lowest BCUT2D eigenvalue weighted by Gasteiger charge is -2.24. The van der Waals surface area contributed by atoms with Gasteiger partial charge in [-0.15, -0.1) is 0 Å². The van der Waals surface area contributed by atoms with E-state index >= 15 is 0 Å². The van der Waals surface area contributed by atoms with E-state index in [1.54, 1.807) is 13.8 Å². The lowest BCUT2D eigenvalue weighted by molar-refractivity contribution is -0.165. The molecule has 0 aromatic carbocycles. The molecule has 0 bridgehead atoms. The predicted octanol–water partition coefficient (Wildman–Crippen LogP) is 1.29. The number of carbonyl (C=O) groups is 3. The van der Waals surface area contributed by atoms with Crippen LogP contribution < -0.4 is 0 Å². The number of hydrogen-bond acceptors (Lipinski definition) is 5. The van der Waals surface area contributed by atoms with Crippen molar-refractivity contribution in [3.63, 3.8) is 0 Å². The van der Waals surface area contributed by atoms with Crippen molar-refractivity contribution in [2.45, 2.75) is 39.2 Å². The zero-order valence-electron chi connectivity index (χ0n) is 10.8. The van der Waals surface area contributed by atoms with E-state index in [-0.39, 0.29) is 25.0 Å². The fourth-order valence-electron chi connectivity index (χ4n) is 0.903. The molecule has 0 aliphatic carbocycles. The maximum absolute atomic E-state index is 11.3. The Labute approximate surface area is 106 Å². The van der Waals surface area contributed by atoms with Crippen molar-refractivity contribution < 1.29 is 29.0 Å². The first kappa shape index (κ1) is 16.1. The molecular weight excluding hydrogens is 240 g/mol. The van der Waals surface area contributed by atoms with E-state index in [0.717, 1.165) is 0 Å². The Morgan fingerprint density at radius 2 is 1.78 bits per heavy atom. The third-order valence-corrected chi connectivity index (χ3v) is 1.84. The first-order valence-electron chi connectivity index (χ1n) is 5.40. The molecule has 0 saturated carbocycles. The SMILES string of the molecule is C=C(C)C(=O)OC(C)(C)COC(=O)CCC(=O)O. The second-order valence-corrected chi connectivity index (χ2v) is 4.48. The largest absolute Gasteiger partial charge is 0.481 e. The lowest BCUT2D eigenvalue weighted by Crippen LogP contribution is -2.34. The summed E-state index contributed by atoms with van der Waals surface area (Å²) in [5, 5.41) is 8.38. The van der Waals surface area contributed by atoms with Gasteiger partial charge in [-0.2, -0.15) is 0 Å². The highest BCUT2D eigenvalue weighted by Crippen LogP contribution is 2.12. The summed E-state index contributed by atoms with van der Waals surface area (Å²) in [7, 11) is 0. The van der Waals surface area contributed by atoms with E-state index in [4.69, 9.17) is 14.6 Å². The molecule has 0 heterocycles. The summed E-state index contributed by atoms with van der Waals surface area (Å²) in [6.45, 7) is 7.98. The summed E-state index contributed by atoms with van der Waals surface area (Å²) in [6.07, 6.45) is -0.495. The minimum absolute atomic E-state index is 0.134. The maximum Gasteiger partial charge on any atom is 0.333 e. The van der Waals surface area contributed by atoms with Gasteiger partial charge in [0.2, 0.25) is 0 Å². The first-order valence-corrected chi connectivity index (χ1v) is 5.40. The van der Waals surface area contributed by atoms with Gasteiger partial charge in [-0.3, -0.25) is 9.59 Å². The molecule has 0 amide bonds. The second-order valence-electron chi connectivity index (χ2n) is 4.48. The zero-order valence-corrected chi connectivity index (χ0v) is 10.8. The highest BCUT2D eigenvalue weighted by atomic mass is 16.6. The molecular formula is C12H18O6. The van der Waals surface area contributed by atoms with Gasteiger partial charge in [-0.1, -0.05) is 6.58 Å². The van der Waals surface area contributed by atoms with Crippen LogP contribution in [-0.2, 0) is 23.9 Å². The number of esters is 2. The number of hydrogen-bond donors (Lipinski definition) is 1. The molecule has 0 fully saturated rings. The van der Waals surface area contributed by atoms with E-state index in [1.165, 1.54) is 6.92 Å². The van der Waals surface area contributed by atoms with Gasteiger partial charge in [0.1, 0.15) is 12.2 Å². The van der Waals surface area contributed by atoms with Crippen LogP contribution in [0.15, 0.2) is 12.2 Å². The van der Waals surface area contributed by atoms with Crippen molar-refractivity contribution in [2.24, 2.45) is 0 Å². The number of carboxylic acid groups (broad SMARTS) is 1. The van der Waals surface area contributed by atoms with Crippen LogP contribution in [0.5, 0.6) is 0 Å². The molecule has 6 nitrogen and oxygen atoms in total. The summed E-state index contributed by atoms with van der Waals surface area (Å²) in [5.41, 5.74) is -0.727. The maximum atomic E-state index is 11.3. The standard InChI is InChI=1S/C12H18O6/c1-8(2)11(16)18-12(3,4)7-17-10(15)6-5-9(13)14/h1,5-7H2,2-4H3,(H,13,14). The van der Waals surface area contributed by atoms with Crippen molar-refractivity contribution in [1.82, 2.24) is 0 Å². The fraction of sp³-hybridized carbons (Fsp3) is 0.583. The summed E-state index contributed by atoms with van der Waals surface area (Å²) < 4.78 is 9.87. The Morgan fingerprint density at radius 1 is 1.22 bits per heavy atom. The van der Waals surface area contributed by atoms with Gasteiger partial charge in [0.05, 0.1) is 12.8 Å². The van der Waals surface area contributed by atoms with Crippen molar-refractivity contribution in [3.05, 3.63) is 12.2 Å². The van der Waals surface area contributed by atoms with Crippen LogP contribution in [0.2, 0.25) is 0 Å². The van der Waals surface area contributed by atoms with E-state index in [9.17, 15) is 14.4 Å². The van der Waals surface area contributed by atoms with Gasteiger partial charge < -0.3 is 14.6 Å². The Hall–Kier alpha value is -1.85. The minimum atomic E-state index is -1.07. The smallest absolute Gasteiger partial charge is 0.333 e. The highest BCUT2D eigenvalue weighted by Gasteiger charge is 2.25. The van der Waals surface area contributed by atoms with Crippen molar-refractivity contribution in [2.75, 3.05) is 6.61 Å². The number of rotatable bonds is 7. The van der Waals surface area contributed by atoms with Crippen LogP contribution in [0, 0.1) is 0 Å². The van der Waals surface area contributed by atoms with Gasteiger partial charge in [0, 0.05) is 5.57 Å². The topological polar surface area (TPSA) is 89.9 Å². The minimum Gasteiger partial charge on any atom is -0.481 e. The Balaban J connectivity index is 4.10. The summed E-state index contributed by atoms with van der Waals surface area (Å²) in [6, 6.07) is 0. The third kappa shape index (κ3) is 7.43. The van der Waals surface area contributed by atoms with Crippen LogP contribution in [0.3, 0.4) is 0 Å². The highest BCUT2D eigenvalue weighted by molar-refractivity contribution is 5.87. The van der Waals surface area contributed by atoms with E-state index < -0.39 is 23.5 Å². The lowest BCUT2D eigenvalue weighted by atomic mass is 10.1. The molecule has 0 saturated heterocycles. The normalized spacial score (nSPS) is 10.6. The molecule has 0 atom stereocenters. The molecule has 0 aliphatic rings. The molecule has 0 rings (SSSR count). The van der Waals surface area contributed by atoms with Crippen molar-refractivity contribution in [1.29, 1.82) is 0 Å². The molecule has 18 heavy (non-hydrogen) atoms. The van der Waals surface area contributed by atoms with Crippen LogP contribution in [0.25, 0.3) is 0 Å². The first-order chi connectivity index (χ1) is 8.14. The third-order valence-electron chi connectivity index (χ3n) is 1.84. The summed E-state index contributed by atoms with van der Waals surface area (Å²) >= 11 is 0. The molecule has 1 N–H and O–H groups in total. The predicted molar refractivity (Wildman–Crippen MR) is 62.8 cm³/mol. The van der Waals surface area contributed by atoms with Gasteiger partial charge in [-0.05, 0) is 20.8 Å². The molecule has 0 radical (unpaired) electrons. The number of carboxylic acids is 1. The Bertz CT molecular complexity index is 356. The number of aliphatic carboxylic acids is 1. The van der Waals surface area contributed by atoms with Gasteiger partial charge in [0.15, 0.2) is 0 Å². The van der Waals surface area contributed by atoms with Crippen LogP contribution in [-0.4, -0.2) is 35.2 Å². The van der Waals surface area contributed by atoms with Gasteiger partial charge in [0.25, 0.3) is 0 Å². The molecule has 102 valence electrons. The van der Waals surface area contributed by atoms with Crippen LogP contribution >= 0.6 is 0 Å². The van der Waals surface area contributed by atoms with Crippen LogP contribution in [0.4, 0.5) is 0 Å². The Kier molecular flexibility index (Phi) is 6.08. The molecule has 0 unspecified atom stereocenters. The van der Waals surface area contributed by atoms with Crippen molar-refractivity contribution in [3.8, 4) is 0 Å². The van der Waals surface area contributed by atoms with Gasteiger partial charge >= 0.3 is 17.9 Å². The monoisotopic (exact) mass is 258 g/mol. The van der Waals surface area contributed by atoms with E-state index in [1.807, 2.05) is 0 Å². The van der Waals surface area contributed by atoms with E-state index in [2.05, 4.69) is 6.58 Å². The second kappa shape index (κ2) is 6.78. The molecule has 0 aliphatic heterocycles. The van der Waals surface area contributed by atoms with E-state index in [0.29, 0.717) is 0 Å². The number of carbonyl (C=O) groups excluding carboxylic acids is 2. The zero-order chi connectivity index (χ0) is 14.3. The van der Waals surface area contributed by atoms with Crippen molar-refractivity contribution >= 4 is 17.9 Å². The molecule has 0 aromatic rings. The average Bonchev–Trinajstić information content (AvgIpc) is 2.22. The quantitative estimate of drug-likeness (QED) is 0.546.